The SMILES string of the molecule is COc1cccc(N2CC(C)(CCCN)OC2=O)c1. The lowest BCUT2D eigenvalue weighted by Crippen LogP contribution is -2.31. The Balaban J connectivity index is 2.15. The number of methoxy groups -OCH3 is 1. The van der Waals surface area contributed by atoms with Gasteiger partial charge in [0.05, 0.1) is 19.3 Å². The Morgan fingerprint density at radius 1 is 1.53 bits per heavy atom. The van der Waals surface area contributed by atoms with Gasteiger partial charge in [-0.3, -0.25) is 4.90 Å². The highest BCUT2D eigenvalue weighted by molar-refractivity contribution is 5.90. The van der Waals surface area contributed by atoms with Crippen molar-refractivity contribution in [2.24, 2.45) is 5.73 Å². The summed E-state index contributed by atoms with van der Waals surface area (Å²) < 4.78 is 10.7. The van der Waals surface area contributed by atoms with Crippen LogP contribution in [-0.2, 0) is 4.74 Å². The van der Waals surface area contributed by atoms with Gasteiger partial charge in [-0.2, -0.15) is 0 Å². The Morgan fingerprint density at radius 2 is 2.32 bits per heavy atom. The number of cyclic esters (lactones) is 1. The number of nitrogens with two attached hydrogens (primary N) is 1. The monoisotopic (exact) mass is 264 g/mol. The molecule has 5 heteroatoms. The first-order chi connectivity index (χ1) is 9.08. The zero-order chi connectivity index (χ0) is 13.9. The molecule has 1 atom stereocenters. The van der Waals surface area contributed by atoms with Gasteiger partial charge in [-0.15, -0.1) is 0 Å². The fourth-order valence-corrected chi connectivity index (χ4v) is 2.28. The number of carbonyl (C=O) groups excluding carboxylic acids is 1. The van der Waals surface area contributed by atoms with Crippen LogP contribution in [0.1, 0.15) is 19.8 Å². The molecule has 0 bridgehead atoms. The smallest absolute Gasteiger partial charge is 0.415 e. The molecule has 0 aliphatic carbocycles. The lowest BCUT2D eigenvalue weighted by molar-refractivity contribution is 0.0640. The number of carbonyl (C=O) groups is 1. The summed E-state index contributed by atoms with van der Waals surface area (Å²) in [6.45, 7) is 3.09. The summed E-state index contributed by atoms with van der Waals surface area (Å²) in [5.41, 5.74) is 5.85. The highest BCUT2D eigenvalue weighted by atomic mass is 16.6. The molecule has 1 unspecified atom stereocenters. The van der Waals surface area contributed by atoms with Crippen molar-refractivity contribution in [3.63, 3.8) is 0 Å². The van der Waals surface area contributed by atoms with Gasteiger partial charge in [-0.25, -0.2) is 4.79 Å². The van der Waals surface area contributed by atoms with Gasteiger partial charge in [0.15, 0.2) is 0 Å². The Kier molecular flexibility index (Phi) is 3.95. The Morgan fingerprint density at radius 3 is 3.00 bits per heavy atom. The third kappa shape index (κ3) is 2.98. The van der Waals surface area contributed by atoms with Gasteiger partial charge in [0.2, 0.25) is 0 Å². The minimum Gasteiger partial charge on any atom is -0.497 e. The molecule has 2 N–H and O–H groups in total. The number of amides is 1. The van der Waals surface area contributed by atoms with Crippen LogP contribution >= 0.6 is 0 Å². The van der Waals surface area contributed by atoms with Gasteiger partial charge in [-0.1, -0.05) is 6.07 Å². The Bertz CT molecular complexity index is 464. The van der Waals surface area contributed by atoms with Crippen LogP contribution < -0.4 is 15.4 Å². The maximum absolute atomic E-state index is 12.0. The lowest BCUT2D eigenvalue weighted by atomic mass is 10.00. The molecule has 1 aromatic rings. The zero-order valence-corrected chi connectivity index (χ0v) is 11.4. The predicted octanol–water partition coefficient (Wildman–Crippen LogP) is 2.15. The number of hydrogen-bond acceptors (Lipinski definition) is 4. The predicted molar refractivity (Wildman–Crippen MR) is 73.5 cm³/mol. The summed E-state index contributed by atoms with van der Waals surface area (Å²) in [6, 6.07) is 7.41. The highest BCUT2D eigenvalue weighted by Gasteiger charge is 2.41. The molecule has 2 rings (SSSR count). The van der Waals surface area contributed by atoms with Crippen molar-refractivity contribution in [2.75, 3.05) is 25.1 Å². The maximum Gasteiger partial charge on any atom is 0.415 e. The van der Waals surface area contributed by atoms with E-state index in [4.69, 9.17) is 15.2 Å². The molecule has 19 heavy (non-hydrogen) atoms. The third-order valence-corrected chi connectivity index (χ3v) is 3.32. The largest absolute Gasteiger partial charge is 0.497 e. The van der Waals surface area contributed by atoms with Crippen LogP contribution in [0.3, 0.4) is 0 Å². The fourth-order valence-electron chi connectivity index (χ4n) is 2.28. The van der Waals surface area contributed by atoms with E-state index in [-0.39, 0.29) is 6.09 Å². The number of nitrogens with zero attached hydrogens (tertiary/aromatic N) is 1. The molecular weight excluding hydrogens is 244 g/mol. The van der Waals surface area contributed by atoms with Crippen LogP contribution in [0.4, 0.5) is 10.5 Å². The summed E-state index contributed by atoms with van der Waals surface area (Å²) in [5.74, 6) is 0.723. The third-order valence-electron chi connectivity index (χ3n) is 3.32. The minimum atomic E-state index is -0.459. The normalized spacial score (nSPS) is 22.5. The molecule has 1 aliphatic heterocycles. The van der Waals surface area contributed by atoms with E-state index in [2.05, 4.69) is 0 Å². The highest BCUT2D eigenvalue weighted by Crippen LogP contribution is 2.32. The van der Waals surface area contributed by atoms with Crippen LogP contribution in [0.2, 0.25) is 0 Å². The van der Waals surface area contributed by atoms with Crippen molar-refractivity contribution in [3.05, 3.63) is 24.3 Å². The standard InChI is InChI=1S/C14H20N2O3/c1-14(7-4-8-15)10-16(13(17)19-14)11-5-3-6-12(9-11)18-2/h3,5-6,9H,4,7-8,10,15H2,1-2H3. The molecule has 104 valence electrons. The molecule has 1 aromatic carbocycles. The number of anilines is 1. The van der Waals surface area contributed by atoms with Crippen LogP contribution in [0.15, 0.2) is 24.3 Å². The summed E-state index contributed by atoms with van der Waals surface area (Å²) in [7, 11) is 1.60. The van der Waals surface area contributed by atoms with Crippen LogP contribution in [0.25, 0.3) is 0 Å². The Hall–Kier alpha value is -1.75. The van der Waals surface area contributed by atoms with Gasteiger partial charge >= 0.3 is 6.09 Å². The molecule has 0 radical (unpaired) electrons. The van der Waals surface area contributed by atoms with Crippen molar-refractivity contribution in [3.8, 4) is 5.75 Å². The first kappa shape index (κ1) is 13.7. The fraction of sp³-hybridized carbons (Fsp3) is 0.500. The molecule has 0 saturated carbocycles. The minimum absolute atomic E-state index is 0.312. The van der Waals surface area contributed by atoms with Crippen molar-refractivity contribution < 1.29 is 14.3 Å². The quantitative estimate of drug-likeness (QED) is 0.885. The molecule has 0 aromatic heterocycles. The molecular formula is C14H20N2O3. The first-order valence-corrected chi connectivity index (χ1v) is 6.42. The van der Waals surface area contributed by atoms with Gasteiger partial charge in [0.25, 0.3) is 0 Å². The number of ether oxygens (including phenoxy) is 2. The topological polar surface area (TPSA) is 64.8 Å². The van der Waals surface area contributed by atoms with Crippen molar-refractivity contribution in [2.45, 2.75) is 25.4 Å². The molecule has 1 saturated heterocycles. The molecule has 0 spiro atoms. The second-order valence-corrected chi connectivity index (χ2v) is 5.00. The lowest BCUT2D eigenvalue weighted by Gasteiger charge is -2.21. The zero-order valence-electron chi connectivity index (χ0n) is 11.4. The summed E-state index contributed by atoms with van der Waals surface area (Å²) in [4.78, 5) is 13.6. The van der Waals surface area contributed by atoms with Crippen molar-refractivity contribution in [1.29, 1.82) is 0 Å². The molecule has 5 nitrogen and oxygen atoms in total. The molecule has 1 heterocycles. The van der Waals surface area contributed by atoms with Gasteiger partial charge in [0, 0.05) is 6.07 Å². The molecule has 1 fully saturated rings. The van der Waals surface area contributed by atoms with E-state index in [0.29, 0.717) is 13.1 Å². The number of hydrogen-bond donors (Lipinski definition) is 1. The van der Waals surface area contributed by atoms with Crippen molar-refractivity contribution >= 4 is 11.8 Å². The van der Waals surface area contributed by atoms with Gasteiger partial charge in [0.1, 0.15) is 11.4 Å². The summed E-state index contributed by atoms with van der Waals surface area (Å²) in [5, 5.41) is 0. The van der Waals surface area contributed by atoms with Gasteiger partial charge < -0.3 is 15.2 Å². The van der Waals surface area contributed by atoms with E-state index in [1.54, 1.807) is 12.0 Å². The summed E-state index contributed by atoms with van der Waals surface area (Å²) in [6.07, 6.45) is 1.30. The number of benzene rings is 1. The van der Waals surface area contributed by atoms with Crippen LogP contribution in [0, 0.1) is 0 Å². The van der Waals surface area contributed by atoms with E-state index in [9.17, 15) is 4.79 Å². The number of rotatable bonds is 5. The van der Waals surface area contributed by atoms with E-state index < -0.39 is 5.60 Å². The van der Waals surface area contributed by atoms with Crippen molar-refractivity contribution in [1.82, 2.24) is 0 Å². The van der Waals surface area contributed by atoms with Crippen LogP contribution in [0.5, 0.6) is 5.75 Å². The van der Waals surface area contributed by atoms with E-state index in [1.165, 1.54) is 0 Å². The second kappa shape index (κ2) is 5.48. The average molecular weight is 264 g/mol. The Labute approximate surface area is 113 Å². The molecule has 1 amide bonds. The average Bonchev–Trinajstić information content (AvgIpc) is 2.72. The van der Waals surface area contributed by atoms with E-state index in [1.807, 2.05) is 31.2 Å². The maximum atomic E-state index is 12.0. The van der Waals surface area contributed by atoms with E-state index >= 15 is 0 Å². The van der Waals surface area contributed by atoms with E-state index in [0.717, 1.165) is 24.3 Å². The summed E-state index contributed by atoms with van der Waals surface area (Å²) >= 11 is 0. The second-order valence-electron chi connectivity index (χ2n) is 5.00. The molecule has 1 aliphatic rings. The van der Waals surface area contributed by atoms with Crippen LogP contribution in [-0.4, -0.2) is 31.9 Å². The van der Waals surface area contributed by atoms with Gasteiger partial charge in [-0.05, 0) is 38.4 Å². The first-order valence-electron chi connectivity index (χ1n) is 6.42.